The number of thiophene rings is 1. The van der Waals surface area contributed by atoms with Crippen LogP contribution in [0.3, 0.4) is 0 Å². The van der Waals surface area contributed by atoms with Crippen molar-refractivity contribution in [2.24, 2.45) is 0 Å². The van der Waals surface area contributed by atoms with Crippen LogP contribution in [-0.4, -0.2) is 57.3 Å². The number of pyridine rings is 1. The smallest absolute Gasteiger partial charge is 0.414 e. The number of benzene rings is 1. The number of halogens is 2. The molecule has 2 aromatic heterocycles. The van der Waals surface area contributed by atoms with E-state index in [1.54, 1.807) is 24.3 Å². The van der Waals surface area contributed by atoms with E-state index in [0.29, 0.717) is 15.8 Å². The van der Waals surface area contributed by atoms with E-state index in [1.807, 2.05) is 0 Å². The number of nitrogens with zero attached hydrogens (tertiary/aromatic N) is 2. The van der Waals surface area contributed by atoms with Crippen LogP contribution < -0.4 is 20.5 Å². The van der Waals surface area contributed by atoms with Gasteiger partial charge in [0.1, 0.15) is 18.5 Å². The van der Waals surface area contributed by atoms with Crippen molar-refractivity contribution in [2.75, 3.05) is 31.2 Å². The zero-order valence-corrected chi connectivity index (χ0v) is 26.1. The predicted molar refractivity (Wildman–Crippen MR) is 160 cm³/mol. The third kappa shape index (κ3) is 7.18. The fourth-order valence-corrected chi connectivity index (χ4v) is 5.86. The van der Waals surface area contributed by atoms with Crippen molar-refractivity contribution in [3.63, 3.8) is 0 Å². The highest BCUT2D eigenvalue weighted by Crippen LogP contribution is 2.36. The second-order valence-corrected chi connectivity index (χ2v) is 17.6. The van der Waals surface area contributed by atoms with Gasteiger partial charge in [0.2, 0.25) is 0 Å². The first kappa shape index (κ1) is 30.8. The zero-order valence-electron chi connectivity index (χ0n) is 23.5. The Bertz CT molecular complexity index is 1490. The third-order valence-corrected chi connectivity index (χ3v) is 13.0. The second-order valence-electron chi connectivity index (χ2n) is 11.1. The minimum Gasteiger partial charge on any atom is -0.485 e. The molecule has 0 saturated carbocycles. The van der Waals surface area contributed by atoms with Crippen LogP contribution in [0, 0.1) is 5.82 Å². The van der Waals surface area contributed by atoms with E-state index in [9.17, 15) is 14.4 Å². The van der Waals surface area contributed by atoms with Gasteiger partial charge < -0.3 is 19.2 Å². The molecule has 1 fully saturated rings. The van der Waals surface area contributed by atoms with E-state index < -0.39 is 31.9 Å². The lowest BCUT2D eigenvalue weighted by atomic mass is 10.2. The van der Waals surface area contributed by atoms with Crippen molar-refractivity contribution in [1.29, 1.82) is 0 Å². The Morgan fingerprint density at radius 3 is 2.61 bits per heavy atom. The number of carbonyl (C=O) groups is 2. The van der Waals surface area contributed by atoms with E-state index in [0.717, 1.165) is 16.2 Å². The highest BCUT2D eigenvalue weighted by atomic mass is 35.5. The molecule has 13 heteroatoms. The van der Waals surface area contributed by atoms with Crippen LogP contribution >= 0.6 is 22.9 Å². The number of aromatic nitrogens is 1. The standard InChI is InChI=1S/C28H33ClFN3O6SSi/c1-28(2,3)41(4,5)38-14-13-37-22-7-6-12-32(26(22)35)18-8-9-21(20(30)15-18)33-17-19(39-27(33)36)16-31-25(34)23-10-11-24(29)40-23/h6-12,15,19H,13-14,16-17H2,1-5H3,(H,31,34)/t19-/m0/s1. The molecular weight excluding hydrogens is 589 g/mol. The lowest BCUT2D eigenvalue weighted by Crippen LogP contribution is -2.41. The van der Waals surface area contributed by atoms with Crippen molar-refractivity contribution in [2.45, 2.75) is 45.0 Å². The van der Waals surface area contributed by atoms with Gasteiger partial charge in [-0.05, 0) is 54.5 Å². The number of hydrogen-bond acceptors (Lipinski definition) is 7. The second kappa shape index (κ2) is 12.4. The average molecular weight is 622 g/mol. The van der Waals surface area contributed by atoms with Crippen LogP contribution in [-0.2, 0) is 9.16 Å². The summed E-state index contributed by atoms with van der Waals surface area (Å²) in [6.45, 7) is 11.4. The molecule has 0 spiro atoms. The van der Waals surface area contributed by atoms with Crippen LogP contribution in [0.5, 0.6) is 5.75 Å². The Morgan fingerprint density at radius 1 is 1.20 bits per heavy atom. The number of nitrogens with one attached hydrogen (secondary N) is 1. The Hall–Kier alpha value is -3.19. The maximum Gasteiger partial charge on any atom is 0.414 e. The summed E-state index contributed by atoms with van der Waals surface area (Å²) in [5, 5.41) is 2.76. The zero-order chi connectivity index (χ0) is 29.9. The lowest BCUT2D eigenvalue weighted by Gasteiger charge is -2.36. The SMILES string of the molecule is CC(C)(C)[Si](C)(C)OCCOc1cccn(-c2ccc(N3C[C@H](CNC(=O)c4ccc(Cl)s4)OC3=O)c(F)c2)c1=O. The maximum absolute atomic E-state index is 15.2. The Morgan fingerprint density at radius 2 is 1.95 bits per heavy atom. The maximum atomic E-state index is 15.2. The number of rotatable bonds is 10. The van der Waals surface area contributed by atoms with Gasteiger partial charge in [0.05, 0.1) is 40.3 Å². The summed E-state index contributed by atoms with van der Waals surface area (Å²) >= 11 is 7.00. The molecule has 0 bridgehead atoms. The Kier molecular flexibility index (Phi) is 9.27. The van der Waals surface area contributed by atoms with E-state index in [1.165, 1.54) is 29.0 Å². The molecule has 220 valence electrons. The lowest BCUT2D eigenvalue weighted by molar-refractivity contribution is 0.0920. The minimum absolute atomic E-state index is 0.000784. The minimum atomic E-state index is -1.94. The number of cyclic esters (lactones) is 1. The fraction of sp³-hybridized carbons (Fsp3) is 0.393. The highest BCUT2D eigenvalue weighted by Gasteiger charge is 2.37. The van der Waals surface area contributed by atoms with Crippen LogP contribution in [0.25, 0.3) is 5.69 Å². The molecule has 41 heavy (non-hydrogen) atoms. The average Bonchev–Trinajstić information content (AvgIpc) is 3.50. The number of amides is 2. The molecule has 1 N–H and O–H groups in total. The molecule has 2 amide bonds. The predicted octanol–water partition coefficient (Wildman–Crippen LogP) is 5.85. The van der Waals surface area contributed by atoms with Gasteiger partial charge in [0.25, 0.3) is 11.5 Å². The number of hydrogen-bond donors (Lipinski definition) is 1. The molecule has 1 saturated heterocycles. The van der Waals surface area contributed by atoms with Crippen molar-refractivity contribution in [3.05, 3.63) is 74.0 Å². The Labute approximate surface area is 247 Å². The van der Waals surface area contributed by atoms with Gasteiger partial charge >= 0.3 is 6.09 Å². The molecule has 0 radical (unpaired) electrons. The normalized spacial score (nSPS) is 15.6. The van der Waals surface area contributed by atoms with Gasteiger partial charge in [-0.25, -0.2) is 9.18 Å². The molecule has 3 aromatic rings. The summed E-state index contributed by atoms with van der Waals surface area (Å²) < 4.78 is 34.1. The first-order chi connectivity index (χ1) is 19.3. The topological polar surface area (TPSA) is 99.1 Å². The molecule has 0 aliphatic carbocycles. The molecule has 1 atom stereocenters. The quantitative estimate of drug-likeness (QED) is 0.225. The molecule has 9 nitrogen and oxygen atoms in total. The van der Waals surface area contributed by atoms with E-state index in [-0.39, 0.29) is 47.8 Å². The van der Waals surface area contributed by atoms with Crippen molar-refractivity contribution < 1.29 is 27.9 Å². The summed E-state index contributed by atoms with van der Waals surface area (Å²) in [5.74, 6) is -0.932. The van der Waals surface area contributed by atoms with Gasteiger partial charge in [-0.15, -0.1) is 11.3 Å². The summed E-state index contributed by atoms with van der Waals surface area (Å²) in [6, 6.07) is 10.5. The van der Waals surface area contributed by atoms with Crippen LogP contribution in [0.1, 0.15) is 30.4 Å². The summed E-state index contributed by atoms with van der Waals surface area (Å²) in [5.41, 5.74) is -0.179. The molecule has 3 heterocycles. The molecule has 1 aliphatic heterocycles. The van der Waals surface area contributed by atoms with Gasteiger partial charge in [-0.3, -0.25) is 19.1 Å². The van der Waals surface area contributed by atoms with Crippen molar-refractivity contribution in [3.8, 4) is 11.4 Å². The summed E-state index contributed by atoms with van der Waals surface area (Å²) in [7, 11) is -1.94. The largest absolute Gasteiger partial charge is 0.485 e. The van der Waals surface area contributed by atoms with Gasteiger partial charge in [-0.2, -0.15) is 0 Å². The monoisotopic (exact) mass is 621 g/mol. The highest BCUT2D eigenvalue weighted by molar-refractivity contribution is 7.18. The third-order valence-electron chi connectivity index (χ3n) is 7.18. The van der Waals surface area contributed by atoms with E-state index in [4.69, 9.17) is 25.5 Å². The van der Waals surface area contributed by atoms with Crippen LogP contribution in [0.15, 0.2) is 53.5 Å². The first-order valence-corrected chi connectivity index (χ1v) is 17.2. The molecule has 1 aliphatic rings. The van der Waals surface area contributed by atoms with Crippen molar-refractivity contribution in [1.82, 2.24) is 9.88 Å². The summed E-state index contributed by atoms with van der Waals surface area (Å²) in [4.78, 5) is 39.4. The first-order valence-electron chi connectivity index (χ1n) is 13.1. The molecule has 4 rings (SSSR count). The molecule has 0 unspecified atom stereocenters. The van der Waals surface area contributed by atoms with E-state index >= 15 is 4.39 Å². The van der Waals surface area contributed by atoms with Crippen LogP contribution in [0.2, 0.25) is 22.5 Å². The Balaban J connectivity index is 1.39. The van der Waals surface area contributed by atoms with Crippen molar-refractivity contribution >= 4 is 48.9 Å². The van der Waals surface area contributed by atoms with Crippen LogP contribution in [0.4, 0.5) is 14.9 Å². The molecule has 1 aromatic carbocycles. The number of anilines is 1. The van der Waals surface area contributed by atoms with Gasteiger partial charge in [0.15, 0.2) is 14.1 Å². The van der Waals surface area contributed by atoms with E-state index in [2.05, 4.69) is 39.2 Å². The summed E-state index contributed by atoms with van der Waals surface area (Å²) in [6.07, 6.45) is 0.111. The van der Waals surface area contributed by atoms with Gasteiger partial charge in [-0.1, -0.05) is 32.4 Å². The number of carbonyl (C=O) groups excluding carboxylic acids is 2. The fourth-order valence-electron chi connectivity index (χ4n) is 3.87. The number of ether oxygens (including phenoxy) is 2. The van der Waals surface area contributed by atoms with Gasteiger partial charge in [0, 0.05) is 12.3 Å². The molecular formula is C28H33ClFN3O6SSi.